The lowest BCUT2D eigenvalue weighted by molar-refractivity contribution is 0.0683. The van der Waals surface area contributed by atoms with Crippen molar-refractivity contribution in [1.29, 1.82) is 0 Å². The molecule has 3 nitrogen and oxygen atoms in total. The van der Waals surface area contributed by atoms with Gasteiger partial charge in [-0.2, -0.15) is 0 Å². The Morgan fingerprint density at radius 2 is 2.21 bits per heavy atom. The Bertz CT molecular complexity index is 382. The van der Waals surface area contributed by atoms with Crippen molar-refractivity contribution >= 4 is 17.6 Å². The molecule has 0 aromatic carbocycles. The van der Waals surface area contributed by atoms with E-state index in [9.17, 15) is 13.6 Å². The summed E-state index contributed by atoms with van der Waals surface area (Å²) in [6.07, 6.45) is -1.90. The molecule has 0 bridgehead atoms. The molecule has 1 N–H and O–H groups in total. The number of rotatable bonds is 2. The third kappa shape index (κ3) is 1.82. The number of alkyl halides is 2. The van der Waals surface area contributed by atoms with Gasteiger partial charge < -0.3 is 5.11 Å². The zero-order valence-corrected chi connectivity index (χ0v) is 7.85. The summed E-state index contributed by atoms with van der Waals surface area (Å²) < 4.78 is 24.9. The lowest BCUT2D eigenvalue weighted by atomic mass is 10.1. The number of aromatic carboxylic acids is 1. The molecule has 0 fully saturated rings. The fourth-order valence-electron chi connectivity index (χ4n) is 1.09. The van der Waals surface area contributed by atoms with Crippen molar-refractivity contribution < 1.29 is 18.7 Å². The topological polar surface area (TPSA) is 50.2 Å². The maximum absolute atomic E-state index is 12.5. The second-order valence-corrected chi connectivity index (χ2v) is 2.99. The van der Waals surface area contributed by atoms with Crippen LogP contribution in [0, 0.1) is 6.92 Å². The third-order valence-electron chi connectivity index (χ3n) is 1.69. The fraction of sp³-hybridized carbons (Fsp3) is 0.250. The van der Waals surface area contributed by atoms with E-state index in [0.717, 1.165) is 6.20 Å². The van der Waals surface area contributed by atoms with Gasteiger partial charge in [-0.1, -0.05) is 11.6 Å². The van der Waals surface area contributed by atoms with E-state index >= 15 is 0 Å². The van der Waals surface area contributed by atoms with Crippen LogP contribution in [0.15, 0.2) is 6.20 Å². The highest BCUT2D eigenvalue weighted by molar-refractivity contribution is 6.31. The molecule has 0 aliphatic rings. The Kier molecular flexibility index (Phi) is 3.00. The fourth-order valence-corrected chi connectivity index (χ4v) is 1.31. The minimum Gasteiger partial charge on any atom is -0.478 e. The number of pyridine rings is 1. The summed E-state index contributed by atoms with van der Waals surface area (Å²) in [6.45, 7) is 1.34. The normalized spacial score (nSPS) is 10.6. The zero-order valence-electron chi connectivity index (χ0n) is 7.09. The average molecular weight is 222 g/mol. The minimum atomic E-state index is -2.92. The summed E-state index contributed by atoms with van der Waals surface area (Å²) in [5, 5.41) is 8.36. The monoisotopic (exact) mass is 221 g/mol. The largest absolute Gasteiger partial charge is 0.478 e. The predicted molar refractivity (Wildman–Crippen MR) is 45.9 cm³/mol. The van der Waals surface area contributed by atoms with Crippen molar-refractivity contribution in [3.63, 3.8) is 0 Å². The number of carboxylic acid groups (broad SMARTS) is 1. The number of carboxylic acids is 1. The quantitative estimate of drug-likeness (QED) is 0.835. The summed E-state index contributed by atoms with van der Waals surface area (Å²) in [5.41, 5.74) is -1.17. The molecule has 0 radical (unpaired) electrons. The highest BCUT2D eigenvalue weighted by atomic mass is 35.5. The molecule has 0 atom stereocenters. The van der Waals surface area contributed by atoms with E-state index in [1.54, 1.807) is 0 Å². The van der Waals surface area contributed by atoms with Crippen LogP contribution in [0.2, 0.25) is 5.02 Å². The number of carbonyl (C=O) groups is 1. The maximum Gasteiger partial charge on any atom is 0.338 e. The molecule has 0 aliphatic heterocycles. The highest BCUT2D eigenvalue weighted by Gasteiger charge is 2.23. The van der Waals surface area contributed by atoms with Crippen LogP contribution in [0.4, 0.5) is 8.78 Å². The Balaban J connectivity index is 3.50. The molecule has 1 rings (SSSR count). The van der Waals surface area contributed by atoms with Crippen LogP contribution in [0.1, 0.15) is 28.0 Å². The molecule has 1 heterocycles. The second-order valence-electron chi connectivity index (χ2n) is 2.59. The van der Waals surface area contributed by atoms with Crippen molar-refractivity contribution in [2.45, 2.75) is 13.3 Å². The average Bonchev–Trinajstić information content (AvgIpc) is 2.07. The summed E-state index contributed by atoms with van der Waals surface area (Å²) in [4.78, 5) is 14.3. The standard InChI is InChI=1S/C8H6ClF2NO2/c1-3-5(8(13)14)6(7(10)11)4(9)2-12-3/h2,7H,1H3,(H,13,14). The van der Waals surface area contributed by atoms with Crippen LogP contribution in [-0.4, -0.2) is 16.1 Å². The lowest BCUT2D eigenvalue weighted by Crippen LogP contribution is -2.08. The van der Waals surface area contributed by atoms with Gasteiger partial charge in [0.15, 0.2) is 0 Å². The number of aryl methyl sites for hydroxylation is 1. The van der Waals surface area contributed by atoms with Crippen LogP contribution in [0.3, 0.4) is 0 Å². The van der Waals surface area contributed by atoms with E-state index in [2.05, 4.69) is 4.98 Å². The van der Waals surface area contributed by atoms with Crippen molar-refractivity contribution in [3.05, 3.63) is 28.0 Å². The lowest BCUT2D eigenvalue weighted by Gasteiger charge is -2.08. The van der Waals surface area contributed by atoms with Crippen molar-refractivity contribution in [1.82, 2.24) is 4.98 Å². The predicted octanol–water partition coefficient (Wildman–Crippen LogP) is 2.68. The maximum atomic E-state index is 12.5. The summed E-state index contributed by atoms with van der Waals surface area (Å²) in [6, 6.07) is 0. The first kappa shape index (κ1) is 10.8. The van der Waals surface area contributed by atoms with Gasteiger partial charge in [0.2, 0.25) is 0 Å². The number of halogens is 3. The summed E-state index contributed by atoms with van der Waals surface area (Å²) in [7, 11) is 0. The van der Waals surface area contributed by atoms with Gasteiger partial charge in [0.1, 0.15) is 0 Å². The van der Waals surface area contributed by atoms with E-state index in [4.69, 9.17) is 16.7 Å². The van der Waals surface area contributed by atoms with Crippen LogP contribution in [-0.2, 0) is 0 Å². The molecule has 0 aliphatic carbocycles. The molecule has 1 aromatic heterocycles. The Morgan fingerprint density at radius 3 is 2.57 bits per heavy atom. The summed E-state index contributed by atoms with van der Waals surface area (Å²) >= 11 is 5.43. The number of nitrogens with zero attached hydrogens (tertiary/aromatic N) is 1. The molecule has 14 heavy (non-hydrogen) atoms. The molecular formula is C8H6ClF2NO2. The first-order valence-corrected chi connectivity index (χ1v) is 3.99. The number of hydrogen-bond donors (Lipinski definition) is 1. The van der Waals surface area contributed by atoms with Gasteiger partial charge in [-0.25, -0.2) is 13.6 Å². The van der Waals surface area contributed by atoms with Crippen LogP contribution >= 0.6 is 11.6 Å². The third-order valence-corrected chi connectivity index (χ3v) is 1.99. The van der Waals surface area contributed by atoms with E-state index in [1.165, 1.54) is 6.92 Å². The van der Waals surface area contributed by atoms with E-state index in [1.807, 2.05) is 0 Å². The van der Waals surface area contributed by atoms with Gasteiger partial charge in [-0.05, 0) is 6.92 Å². The van der Waals surface area contributed by atoms with Gasteiger partial charge in [-0.15, -0.1) is 0 Å². The Hall–Kier alpha value is -1.23. The van der Waals surface area contributed by atoms with Crippen molar-refractivity contribution in [3.8, 4) is 0 Å². The molecule has 0 saturated carbocycles. The van der Waals surface area contributed by atoms with Crippen LogP contribution < -0.4 is 0 Å². The molecular weight excluding hydrogens is 216 g/mol. The SMILES string of the molecule is Cc1ncc(Cl)c(C(F)F)c1C(=O)O. The van der Waals surface area contributed by atoms with Crippen LogP contribution in [0.25, 0.3) is 0 Å². The highest BCUT2D eigenvalue weighted by Crippen LogP contribution is 2.30. The van der Waals surface area contributed by atoms with E-state index < -0.39 is 23.5 Å². The molecule has 6 heteroatoms. The minimum absolute atomic E-state index is 0.0252. The van der Waals surface area contributed by atoms with Gasteiger partial charge in [-0.3, -0.25) is 4.98 Å². The molecule has 0 amide bonds. The van der Waals surface area contributed by atoms with Crippen molar-refractivity contribution in [2.24, 2.45) is 0 Å². The summed E-state index contributed by atoms with van der Waals surface area (Å²) in [5.74, 6) is -1.45. The molecule has 0 spiro atoms. The van der Waals surface area contributed by atoms with Crippen molar-refractivity contribution in [2.75, 3.05) is 0 Å². The van der Waals surface area contributed by atoms with Gasteiger partial charge in [0.05, 0.1) is 21.8 Å². The zero-order chi connectivity index (χ0) is 10.9. The van der Waals surface area contributed by atoms with E-state index in [-0.39, 0.29) is 10.7 Å². The molecule has 0 unspecified atom stereocenters. The molecule has 1 aromatic rings. The number of hydrogen-bond acceptors (Lipinski definition) is 2. The van der Waals surface area contributed by atoms with Gasteiger partial charge in [0, 0.05) is 6.20 Å². The smallest absolute Gasteiger partial charge is 0.338 e. The second kappa shape index (κ2) is 3.88. The first-order chi connectivity index (χ1) is 6.45. The number of aromatic nitrogens is 1. The van der Waals surface area contributed by atoms with Gasteiger partial charge >= 0.3 is 5.97 Å². The van der Waals surface area contributed by atoms with Gasteiger partial charge in [0.25, 0.3) is 6.43 Å². The Labute approximate surface area is 83.3 Å². The van der Waals surface area contributed by atoms with E-state index in [0.29, 0.717) is 0 Å². The van der Waals surface area contributed by atoms with Crippen LogP contribution in [0.5, 0.6) is 0 Å². The molecule has 76 valence electrons. The molecule has 0 saturated heterocycles. The Morgan fingerprint density at radius 1 is 1.64 bits per heavy atom. The first-order valence-electron chi connectivity index (χ1n) is 3.61.